The lowest BCUT2D eigenvalue weighted by molar-refractivity contribution is -0.385. The number of nitrogens with zero attached hydrogens (tertiary/aromatic N) is 1. The van der Waals surface area contributed by atoms with Gasteiger partial charge < -0.3 is 15.2 Å². The van der Waals surface area contributed by atoms with Crippen LogP contribution in [-0.4, -0.2) is 35.7 Å². The van der Waals surface area contributed by atoms with Crippen LogP contribution in [-0.2, 0) is 0 Å². The van der Waals surface area contributed by atoms with Crippen molar-refractivity contribution in [3.05, 3.63) is 33.9 Å². The van der Waals surface area contributed by atoms with Crippen molar-refractivity contribution in [2.45, 2.75) is 19.9 Å². The highest BCUT2D eigenvalue weighted by molar-refractivity contribution is 5.98. The molecule has 2 N–H and O–H groups in total. The van der Waals surface area contributed by atoms with Crippen LogP contribution >= 0.6 is 0 Å². The van der Waals surface area contributed by atoms with Crippen molar-refractivity contribution in [2.75, 3.05) is 13.7 Å². The zero-order valence-corrected chi connectivity index (χ0v) is 11.6. The van der Waals surface area contributed by atoms with Crippen molar-refractivity contribution < 1.29 is 19.6 Å². The number of nitro groups is 1. The summed E-state index contributed by atoms with van der Waals surface area (Å²) >= 11 is 0. The molecule has 0 radical (unpaired) electrons. The van der Waals surface area contributed by atoms with Crippen LogP contribution in [0.5, 0.6) is 5.75 Å². The van der Waals surface area contributed by atoms with E-state index in [0.717, 1.165) is 0 Å². The fourth-order valence-electron chi connectivity index (χ4n) is 1.73. The first kappa shape index (κ1) is 15.9. The second-order valence-corrected chi connectivity index (χ2v) is 4.62. The molecule has 0 unspecified atom stereocenters. The van der Waals surface area contributed by atoms with E-state index in [0.29, 0.717) is 0 Å². The highest BCUT2D eigenvalue weighted by Crippen LogP contribution is 2.30. The van der Waals surface area contributed by atoms with Gasteiger partial charge in [-0.05, 0) is 12.0 Å². The van der Waals surface area contributed by atoms with E-state index in [-0.39, 0.29) is 29.5 Å². The van der Waals surface area contributed by atoms with Gasteiger partial charge >= 0.3 is 5.69 Å². The number of benzene rings is 1. The maximum Gasteiger partial charge on any atom is 0.311 e. The van der Waals surface area contributed by atoms with Crippen LogP contribution in [0.1, 0.15) is 24.2 Å². The molecule has 110 valence electrons. The standard InChI is InChI=1S/C13H18N2O5/c1-8(2)10(7-16)14-13(17)9-5-4-6-11(15(18)19)12(9)20-3/h4-6,8,10,16H,7H2,1-3H3,(H,14,17)/t10-/m1/s1. The van der Waals surface area contributed by atoms with Gasteiger partial charge in [0.1, 0.15) is 0 Å². The summed E-state index contributed by atoms with van der Waals surface area (Å²) in [6.07, 6.45) is 0. The second kappa shape index (κ2) is 6.85. The topological polar surface area (TPSA) is 102 Å². The Morgan fingerprint density at radius 2 is 2.15 bits per heavy atom. The summed E-state index contributed by atoms with van der Waals surface area (Å²) in [7, 11) is 1.27. The first-order valence-electron chi connectivity index (χ1n) is 6.15. The van der Waals surface area contributed by atoms with Crippen molar-refractivity contribution in [2.24, 2.45) is 5.92 Å². The first-order chi connectivity index (χ1) is 9.42. The Hall–Kier alpha value is -2.15. The summed E-state index contributed by atoms with van der Waals surface area (Å²) in [4.78, 5) is 22.4. The lowest BCUT2D eigenvalue weighted by atomic mass is 10.0. The van der Waals surface area contributed by atoms with Gasteiger partial charge in [-0.15, -0.1) is 0 Å². The zero-order valence-electron chi connectivity index (χ0n) is 11.6. The maximum absolute atomic E-state index is 12.1. The fraction of sp³-hybridized carbons (Fsp3) is 0.462. The molecule has 7 heteroatoms. The summed E-state index contributed by atoms with van der Waals surface area (Å²) in [6.45, 7) is 3.50. The summed E-state index contributed by atoms with van der Waals surface area (Å²) < 4.78 is 4.97. The number of ether oxygens (including phenoxy) is 1. The minimum absolute atomic E-state index is 0.0358. The van der Waals surface area contributed by atoms with Crippen LogP contribution in [0, 0.1) is 16.0 Å². The Morgan fingerprint density at radius 3 is 2.60 bits per heavy atom. The smallest absolute Gasteiger partial charge is 0.311 e. The van der Waals surface area contributed by atoms with Gasteiger partial charge in [0.25, 0.3) is 5.91 Å². The van der Waals surface area contributed by atoms with Gasteiger partial charge in [-0.25, -0.2) is 0 Å². The van der Waals surface area contributed by atoms with Gasteiger partial charge in [-0.3, -0.25) is 14.9 Å². The van der Waals surface area contributed by atoms with Gasteiger partial charge in [0.05, 0.1) is 30.2 Å². The number of nitro benzene ring substituents is 1. The summed E-state index contributed by atoms with van der Waals surface area (Å²) in [5, 5.41) is 22.7. The molecular weight excluding hydrogens is 264 g/mol. The summed E-state index contributed by atoms with van der Waals surface area (Å²) in [6, 6.07) is 3.70. The molecule has 0 spiro atoms. The SMILES string of the molecule is COc1c(C(=O)N[C@H](CO)C(C)C)cccc1[N+](=O)[O-]. The molecule has 1 aromatic rings. The predicted octanol–water partition coefficient (Wildman–Crippen LogP) is 1.35. The van der Waals surface area contributed by atoms with Gasteiger partial charge in [-0.2, -0.15) is 0 Å². The van der Waals surface area contributed by atoms with E-state index in [4.69, 9.17) is 4.74 Å². The van der Waals surface area contributed by atoms with E-state index in [1.165, 1.54) is 25.3 Å². The first-order valence-corrected chi connectivity index (χ1v) is 6.15. The van der Waals surface area contributed by atoms with Crippen molar-refractivity contribution in [1.82, 2.24) is 5.32 Å². The van der Waals surface area contributed by atoms with E-state index < -0.39 is 16.9 Å². The molecule has 0 bridgehead atoms. The minimum atomic E-state index is -0.610. The normalized spacial score (nSPS) is 12.1. The number of methoxy groups -OCH3 is 1. The average Bonchev–Trinajstić information content (AvgIpc) is 2.42. The van der Waals surface area contributed by atoms with Crippen LogP contribution in [0.3, 0.4) is 0 Å². The minimum Gasteiger partial charge on any atom is -0.490 e. The van der Waals surface area contributed by atoms with Crippen molar-refractivity contribution in [3.8, 4) is 5.75 Å². The number of aliphatic hydroxyl groups excluding tert-OH is 1. The number of aliphatic hydroxyl groups is 1. The van der Waals surface area contributed by atoms with E-state index in [9.17, 15) is 20.0 Å². The molecule has 0 heterocycles. The van der Waals surface area contributed by atoms with Crippen molar-refractivity contribution >= 4 is 11.6 Å². The van der Waals surface area contributed by atoms with Crippen molar-refractivity contribution in [1.29, 1.82) is 0 Å². The van der Waals surface area contributed by atoms with Crippen LogP contribution in [0.15, 0.2) is 18.2 Å². The Morgan fingerprint density at radius 1 is 1.50 bits per heavy atom. The van der Waals surface area contributed by atoms with Gasteiger partial charge in [0.2, 0.25) is 5.75 Å². The molecule has 1 amide bonds. The molecule has 0 aliphatic carbocycles. The summed E-state index contributed by atoms with van der Waals surface area (Å²) in [5.41, 5.74) is -0.203. The number of amides is 1. The molecule has 0 aliphatic rings. The second-order valence-electron chi connectivity index (χ2n) is 4.62. The fourth-order valence-corrected chi connectivity index (χ4v) is 1.73. The Kier molecular flexibility index (Phi) is 5.45. The van der Waals surface area contributed by atoms with Crippen LogP contribution < -0.4 is 10.1 Å². The third-order valence-corrected chi connectivity index (χ3v) is 2.96. The Balaban J connectivity index is 3.10. The molecule has 7 nitrogen and oxygen atoms in total. The quantitative estimate of drug-likeness (QED) is 0.605. The molecule has 0 saturated carbocycles. The summed E-state index contributed by atoms with van der Waals surface area (Å²) in [5.74, 6) is -0.567. The molecule has 0 saturated heterocycles. The number of hydrogen-bond acceptors (Lipinski definition) is 5. The van der Waals surface area contributed by atoms with Gasteiger partial charge in [0, 0.05) is 6.07 Å². The van der Waals surface area contributed by atoms with Crippen molar-refractivity contribution in [3.63, 3.8) is 0 Å². The number of para-hydroxylation sites is 1. The number of nitrogens with one attached hydrogen (secondary N) is 1. The number of carbonyl (C=O) groups excluding carboxylic acids is 1. The number of rotatable bonds is 6. The van der Waals surface area contributed by atoms with E-state index in [2.05, 4.69) is 5.32 Å². The highest BCUT2D eigenvalue weighted by Gasteiger charge is 2.24. The third kappa shape index (κ3) is 3.45. The molecule has 0 aliphatic heterocycles. The van der Waals surface area contributed by atoms with Crippen LogP contribution in [0.2, 0.25) is 0 Å². The predicted molar refractivity (Wildman–Crippen MR) is 72.8 cm³/mol. The lowest BCUT2D eigenvalue weighted by Gasteiger charge is -2.20. The number of hydrogen-bond donors (Lipinski definition) is 2. The number of carbonyl (C=O) groups is 1. The lowest BCUT2D eigenvalue weighted by Crippen LogP contribution is -2.41. The van der Waals surface area contributed by atoms with Crippen LogP contribution in [0.4, 0.5) is 5.69 Å². The monoisotopic (exact) mass is 282 g/mol. The van der Waals surface area contributed by atoms with E-state index in [1.807, 2.05) is 13.8 Å². The largest absolute Gasteiger partial charge is 0.490 e. The van der Waals surface area contributed by atoms with E-state index >= 15 is 0 Å². The highest BCUT2D eigenvalue weighted by atomic mass is 16.6. The molecule has 1 rings (SSSR count). The molecular formula is C13H18N2O5. The van der Waals surface area contributed by atoms with Gasteiger partial charge in [-0.1, -0.05) is 19.9 Å². The molecule has 0 fully saturated rings. The zero-order chi connectivity index (χ0) is 15.3. The van der Waals surface area contributed by atoms with E-state index in [1.54, 1.807) is 0 Å². The molecule has 1 aromatic carbocycles. The Bertz CT molecular complexity index is 502. The molecule has 0 aromatic heterocycles. The van der Waals surface area contributed by atoms with Crippen LogP contribution in [0.25, 0.3) is 0 Å². The maximum atomic E-state index is 12.1. The molecule has 1 atom stereocenters. The average molecular weight is 282 g/mol. The van der Waals surface area contributed by atoms with Gasteiger partial charge in [0.15, 0.2) is 0 Å². The third-order valence-electron chi connectivity index (χ3n) is 2.96. The molecule has 20 heavy (non-hydrogen) atoms. The Labute approximate surface area is 116 Å².